The Morgan fingerprint density at radius 1 is 1.39 bits per heavy atom. The lowest BCUT2D eigenvalue weighted by molar-refractivity contribution is -0.148. The van der Waals surface area contributed by atoms with E-state index in [0.29, 0.717) is 12.4 Å². The van der Waals surface area contributed by atoms with Crippen molar-refractivity contribution in [3.8, 4) is 5.75 Å². The number of esters is 1. The summed E-state index contributed by atoms with van der Waals surface area (Å²) in [7, 11) is 0. The van der Waals surface area contributed by atoms with Gasteiger partial charge in [-0.25, -0.2) is 4.79 Å². The van der Waals surface area contributed by atoms with E-state index in [4.69, 9.17) is 9.47 Å². The summed E-state index contributed by atoms with van der Waals surface area (Å²) in [6.45, 7) is 7.98. The van der Waals surface area contributed by atoms with Crippen molar-refractivity contribution in [2.24, 2.45) is 0 Å². The van der Waals surface area contributed by atoms with E-state index in [1.54, 1.807) is 18.5 Å². The van der Waals surface area contributed by atoms with Gasteiger partial charge in [0.15, 0.2) is 0 Å². The molecule has 1 aromatic heterocycles. The standard InChI is InChI=1S/C14H19NO3/c1-5-17-12-8-11(9-15-10-12)6-7-13(16)18-14(2,3)4/h6-10H,5H2,1-4H3. The quantitative estimate of drug-likeness (QED) is 0.608. The van der Waals surface area contributed by atoms with Crippen LogP contribution in [0.3, 0.4) is 0 Å². The molecule has 0 N–H and O–H groups in total. The van der Waals surface area contributed by atoms with Gasteiger partial charge in [-0.05, 0) is 45.4 Å². The number of nitrogens with zero attached hydrogens (tertiary/aromatic N) is 1. The minimum absolute atomic E-state index is 0.371. The summed E-state index contributed by atoms with van der Waals surface area (Å²) >= 11 is 0. The van der Waals surface area contributed by atoms with E-state index in [-0.39, 0.29) is 5.97 Å². The van der Waals surface area contributed by atoms with Gasteiger partial charge in [-0.15, -0.1) is 0 Å². The fourth-order valence-electron chi connectivity index (χ4n) is 1.27. The molecule has 0 aliphatic carbocycles. The molecular weight excluding hydrogens is 230 g/mol. The smallest absolute Gasteiger partial charge is 0.331 e. The van der Waals surface area contributed by atoms with E-state index in [0.717, 1.165) is 5.56 Å². The fraction of sp³-hybridized carbons (Fsp3) is 0.429. The maximum atomic E-state index is 11.5. The molecule has 0 bridgehead atoms. The molecule has 1 rings (SSSR count). The molecule has 0 fully saturated rings. The molecule has 0 unspecified atom stereocenters. The molecule has 0 aromatic carbocycles. The number of ether oxygens (including phenoxy) is 2. The summed E-state index contributed by atoms with van der Waals surface area (Å²) in [5, 5.41) is 0. The molecule has 4 heteroatoms. The topological polar surface area (TPSA) is 48.4 Å². The van der Waals surface area contributed by atoms with Crippen molar-refractivity contribution in [1.29, 1.82) is 0 Å². The van der Waals surface area contributed by atoms with Crippen molar-refractivity contribution in [3.05, 3.63) is 30.1 Å². The van der Waals surface area contributed by atoms with E-state index in [2.05, 4.69) is 4.98 Å². The highest BCUT2D eigenvalue weighted by molar-refractivity contribution is 5.87. The van der Waals surface area contributed by atoms with Gasteiger partial charge in [0.1, 0.15) is 11.4 Å². The molecule has 0 saturated heterocycles. The third-order valence-electron chi connectivity index (χ3n) is 1.86. The lowest BCUT2D eigenvalue weighted by atomic mass is 10.2. The zero-order valence-corrected chi connectivity index (χ0v) is 11.3. The van der Waals surface area contributed by atoms with Crippen molar-refractivity contribution in [2.45, 2.75) is 33.3 Å². The van der Waals surface area contributed by atoms with Crippen molar-refractivity contribution in [1.82, 2.24) is 4.98 Å². The first kappa shape index (κ1) is 14.2. The Hall–Kier alpha value is -1.84. The first-order chi connectivity index (χ1) is 8.40. The van der Waals surface area contributed by atoms with Crippen molar-refractivity contribution >= 4 is 12.0 Å². The number of hydrogen-bond acceptors (Lipinski definition) is 4. The largest absolute Gasteiger partial charge is 0.492 e. The Labute approximate surface area is 108 Å². The van der Waals surface area contributed by atoms with E-state index >= 15 is 0 Å². The predicted octanol–water partition coefficient (Wildman–Crippen LogP) is 2.84. The van der Waals surface area contributed by atoms with Crippen LogP contribution in [-0.2, 0) is 9.53 Å². The van der Waals surface area contributed by atoms with Gasteiger partial charge < -0.3 is 9.47 Å². The first-order valence-corrected chi connectivity index (χ1v) is 5.89. The Bertz CT molecular complexity index is 433. The second-order valence-electron chi connectivity index (χ2n) is 4.75. The molecular formula is C14H19NO3. The van der Waals surface area contributed by atoms with Crippen LogP contribution >= 0.6 is 0 Å². The molecule has 18 heavy (non-hydrogen) atoms. The van der Waals surface area contributed by atoms with Crippen LogP contribution in [0.2, 0.25) is 0 Å². The van der Waals surface area contributed by atoms with Crippen molar-refractivity contribution < 1.29 is 14.3 Å². The second-order valence-corrected chi connectivity index (χ2v) is 4.75. The van der Waals surface area contributed by atoms with Crippen LogP contribution in [0.25, 0.3) is 6.08 Å². The zero-order valence-electron chi connectivity index (χ0n) is 11.3. The Morgan fingerprint density at radius 2 is 2.11 bits per heavy atom. The van der Waals surface area contributed by atoms with E-state index in [9.17, 15) is 4.79 Å². The monoisotopic (exact) mass is 249 g/mol. The summed E-state index contributed by atoms with van der Waals surface area (Å²) in [6, 6.07) is 1.82. The molecule has 98 valence electrons. The third-order valence-corrected chi connectivity index (χ3v) is 1.86. The van der Waals surface area contributed by atoms with Crippen LogP contribution in [-0.4, -0.2) is 23.2 Å². The molecule has 4 nitrogen and oxygen atoms in total. The van der Waals surface area contributed by atoms with Crippen LogP contribution < -0.4 is 4.74 Å². The molecule has 0 spiro atoms. The zero-order chi connectivity index (χ0) is 13.6. The third kappa shape index (κ3) is 5.48. The SMILES string of the molecule is CCOc1cncc(C=CC(=O)OC(C)(C)C)c1. The van der Waals surface area contributed by atoms with Crippen molar-refractivity contribution in [3.63, 3.8) is 0 Å². The Balaban J connectivity index is 2.66. The summed E-state index contributed by atoms with van der Waals surface area (Å²) in [5.41, 5.74) is 0.319. The number of rotatable bonds is 4. The van der Waals surface area contributed by atoms with Crippen LogP contribution in [0.5, 0.6) is 5.75 Å². The van der Waals surface area contributed by atoms with Crippen LogP contribution in [0, 0.1) is 0 Å². The minimum Gasteiger partial charge on any atom is -0.492 e. The normalized spacial score (nSPS) is 11.6. The maximum Gasteiger partial charge on any atom is 0.331 e. The van der Waals surface area contributed by atoms with Gasteiger partial charge in [-0.2, -0.15) is 0 Å². The van der Waals surface area contributed by atoms with Gasteiger partial charge >= 0.3 is 5.97 Å². The van der Waals surface area contributed by atoms with Crippen LogP contribution in [0.1, 0.15) is 33.3 Å². The van der Waals surface area contributed by atoms with Crippen LogP contribution in [0.15, 0.2) is 24.5 Å². The number of pyridine rings is 1. The summed E-state index contributed by atoms with van der Waals surface area (Å²) in [6.07, 6.45) is 6.33. The molecule has 0 aliphatic rings. The Kier molecular flexibility index (Phi) is 4.89. The molecule has 1 aromatic rings. The average molecular weight is 249 g/mol. The van der Waals surface area contributed by atoms with Crippen molar-refractivity contribution in [2.75, 3.05) is 6.61 Å². The van der Waals surface area contributed by atoms with Gasteiger partial charge in [-0.1, -0.05) is 0 Å². The predicted molar refractivity (Wildman–Crippen MR) is 70.3 cm³/mol. The highest BCUT2D eigenvalue weighted by atomic mass is 16.6. The van der Waals surface area contributed by atoms with Gasteiger partial charge in [0.05, 0.1) is 12.8 Å². The lowest BCUT2D eigenvalue weighted by Gasteiger charge is -2.17. The van der Waals surface area contributed by atoms with Crippen LogP contribution in [0.4, 0.5) is 0 Å². The van der Waals surface area contributed by atoms with Gasteiger partial charge in [0.2, 0.25) is 0 Å². The summed E-state index contributed by atoms with van der Waals surface area (Å²) in [4.78, 5) is 15.5. The molecule has 0 radical (unpaired) electrons. The summed E-state index contributed by atoms with van der Waals surface area (Å²) < 4.78 is 10.5. The second kappa shape index (κ2) is 6.19. The number of hydrogen-bond donors (Lipinski definition) is 0. The first-order valence-electron chi connectivity index (χ1n) is 5.89. The van der Waals surface area contributed by atoms with E-state index < -0.39 is 5.60 Å². The maximum absolute atomic E-state index is 11.5. The number of carbonyl (C=O) groups excluding carboxylic acids is 1. The van der Waals surface area contributed by atoms with Gasteiger partial charge in [0.25, 0.3) is 0 Å². The lowest BCUT2D eigenvalue weighted by Crippen LogP contribution is -2.22. The molecule has 0 saturated carbocycles. The number of carbonyl (C=O) groups is 1. The highest BCUT2D eigenvalue weighted by Gasteiger charge is 2.13. The fourth-order valence-corrected chi connectivity index (χ4v) is 1.27. The molecule has 0 amide bonds. The average Bonchev–Trinajstić information content (AvgIpc) is 2.25. The summed E-state index contributed by atoms with van der Waals surface area (Å²) in [5.74, 6) is 0.313. The minimum atomic E-state index is -0.479. The molecule has 0 atom stereocenters. The van der Waals surface area contributed by atoms with E-state index in [1.165, 1.54) is 6.08 Å². The molecule has 1 heterocycles. The van der Waals surface area contributed by atoms with E-state index in [1.807, 2.05) is 33.8 Å². The highest BCUT2D eigenvalue weighted by Crippen LogP contribution is 2.13. The Morgan fingerprint density at radius 3 is 2.72 bits per heavy atom. The van der Waals surface area contributed by atoms with Gasteiger partial charge in [-0.3, -0.25) is 4.98 Å². The number of aromatic nitrogens is 1. The molecule has 0 aliphatic heterocycles. The van der Waals surface area contributed by atoms with Gasteiger partial charge in [0, 0.05) is 12.3 Å².